The normalized spacial score (nSPS) is 10.2. The first-order valence-electron chi connectivity index (χ1n) is 4.91. The molecular weight excluding hydrogens is 236 g/mol. The molecule has 0 aliphatic rings. The predicted octanol–water partition coefficient (Wildman–Crippen LogP) is 1.85. The van der Waals surface area contributed by atoms with E-state index in [0.717, 1.165) is 16.4 Å². The van der Waals surface area contributed by atoms with Crippen molar-refractivity contribution in [3.8, 4) is 17.1 Å². The molecule has 2 N–H and O–H groups in total. The summed E-state index contributed by atoms with van der Waals surface area (Å²) in [6, 6.07) is 3.61. The monoisotopic (exact) mass is 248 g/mol. The third kappa shape index (κ3) is 2.47. The summed E-state index contributed by atoms with van der Waals surface area (Å²) in [7, 11) is 1.54. The van der Waals surface area contributed by atoms with Crippen LogP contribution < -0.4 is 10.5 Å². The second-order valence-corrected chi connectivity index (χ2v) is 4.02. The fraction of sp³-hybridized carbons (Fsp3) is 0.182. The molecule has 5 nitrogen and oxygen atoms in total. The third-order valence-corrected chi connectivity index (χ3v) is 2.75. The minimum Gasteiger partial charge on any atom is -0.480 e. The molecule has 2 aromatic heterocycles. The number of ether oxygens (including phenoxy) is 1. The fourth-order valence-electron chi connectivity index (χ4n) is 1.38. The van der Waals surface area contributed by atoms with Crippen molar-refractivity contribution in [1.82, 2.24) is 15.0 Å². The zero-order valence-electron chi connectivity index (χ0n) is 9.54. The van der Waals surface area contributed by atoms with E-state index in [1.165, 1.54) is 18.9 Å². The lowest BCUT2D eigenvalue weighted by Gasteiger charge is -2.06. The maximum absolute atomic E-state index is 5.80. The second kappa shape index (κ2) is 5.01. The number of pyridine rings is 1. The summed E-state index contributed by atoms with van der Waals surface area (Å²) in [5, 5.41) is 0.719. The smallest absolute Gasteiger partial charge is 0.236 e. The Hall–Kier alpha value is -1.82. The number of nitrogen functional groups attached to an aromatic ring is 1. The molecule has 17 heavy (non-hydrogen) atoms. The van der Waals surface area contributed by atoms with E-state index in [9.17, 15) is 0 Å². The first-order chi connectivity index (χ1) is 8.24. The Labute approximate surface area is 103 Å². The van der Waals surface area contributed by atoms with Crippen LogP contribution in [0.25, 0.3) is 11.3 Å². The minimum atomic E-state index is 0.424. The lowest BCUT2D eigenvalue weighted by molar-refractivity contribution is 0.400. The molecule has 2 aromatic rings. The van der Waals surface area contributed by atoms with Gasteiger partial charge in [-0.3, -0.25) is 0 Å². The van der Waals surface area contributed by atoms with Crippen molar-refractivity contribution in [3.63, 3.8) is 0 Å². The molecule has 0 amide bonds. The number of nitrogens with zero attached hydrogens (tertiary/aromatic N) is 3. The molecule has 0 saturated carbocycles. The highest BCUT2D eigenvalue weighted by Crippen LogP contribution is 2.25. The Morgan fingerprint density at radius 2 is 2.18 bits per heavy atom. The summed E-state index contributed by atoms with van der Waals surface area (Å²) < 4.78 is 5.01. The van der Waals surface area contributed by atoms with Gasteiger partial charge in [0, 0.05) is 18.0 Å². The van der Waals surface area contributed by atoms with Crippen LogP contribution in [0.15, 0.2) is 29.7 Å². The lowest BCUT2D eigenvalue weighted by Crippen LogP contribution is -1.96. The van der Waals surface area contributed by atoms with Crippen LogP contribution in [0.3, 0.4) is 0 Å². The Kier molecular flexibility index (Phi) is 3.43. The highest BCUT2D eigenvalue weighted by molar-refractivity contribution is 7.98. The van der Waals surface area contributed by atoms with Crippen LogP contribution in [0.5, 0.6) is 5.88 Å². The Balaban J connectivity index is 2.42. The lowest BCUT2D eigenvalue weighted by atomic mass is 10.2. The van der Waals surface area contributed by atoms with Crippen molar-refractivity contribution < 1.29 is 4.74 Å². The highest BCUT2D eigenvalue weighted by Gasteiger charge is 2.06. The highest BCUT2D eigenvalue weighted by atomic mass is 32.2. The number of hydrogen-bond acceptors (Lipinski definition) is 6. The van der Waals surface area contributed by atoms with Crippen LogP contribution in [0.4, 0.5) is 5.69 Å². The molecule has 6 heteroatoms. The number of anilines is 1. The predicted molar refractivity (Wildman–Crippen MR) is 68.0 cm³/mol. The van der Waals surface area contributed by atoms with Crippen LogP contribution >= 0.6 is 11.8 Å². The van der Waals surface area contributed by atoms with Gasteiger partial charge in [-0.15, -0.1) is 0 Å². The number of thioether (sulfide) groups is 1. The molecular formula is C11H12N4OS. The van der Waals surface area contributed by atoms with Crippen LogP contribution in [0.2, 0.25) is 0 Å². The van der Waals surface area contributed by atoms with E-state index < -0.39 is 0 Å². The van der Waals surface area contributed by atoms with Gasteiger partial charge in [0.15, 0.2) is 5.16 Å². The van der Waals surface area contributed by atoms with E-state index in [4.69, 9.17) is 10.5 Å². The average molecular weight is 248 g/mol. The van der Waals surface area contributed by atoms with Crippen molar-refractivity contribution >= 4 is 17.4 Å². The molecule has 0 bridgehead atoms. The second-order valence-electron chi connectivity index (χ2n) is 3.25. The van der Waals surface area contributed by atoms with Crippen LogP contribution in [0, 0.1) is 0 Å². The summed E-state index contributed by atoms with van der Waals surface area (Å²) in [4.78, 5) is 12.6. The third-order valence-electron chi connectivity index (χ3n) is 2.18. The van der Waals surface area contributed by atoms with Crippen LogP contribution in [-0.4, -0.2) is 28.3 Å². The first kappa shape index (κ1) is 11.7. The van der Waals surface area contributed by atoms with Gasteiger partial charge in [-0.1, -0.05) is 11.8 Å². The van der Waals surface area contributed by atoms with E-state index in [2.05, 4.69) is 15.0 Å². The Morgan fingerprint density at radius 1 is 1.35 bits per heavy atom. The van der Waals surface area contributed by atoms with Crippen molar-refractivity contribution in [2.45, 2.75) is 5.16 Å². The van der Waals surface area contributed by atoms with Crippen molar-refractivity contribution in [2.24, 2.45) is 0 Å². The molecule has 2 rings (SSSR count). The number of aromatic nitrogens is 3. The topological polar surface area (TPSA) is 73.9 Å². The van der Waals surface area contributed by atoms with Gasteiger partial charge < -0.3 is 10.5 Å². The number of rotatable bonds is 3. The molecule has 0 spiro atoms. The zero-order chi connectivity index (χ0) is 12.3. The van der Waals surface area contributed by atoms with E-state index >= 15 is 0 Å². The van der Waals surface area contributed by atoms with Gasteiger partial charge in [0.2, 0.25) is 5.88 Å². The number of methoxy groups -OCH3 is 1. The molecule has 0 unspecified atom stereocenters. The van der Waals surface area contributed by atoms with Gasteiger partial charge >= 0.3 is 0 Å². The Morgan fingerprint density at radius 3 is 2.82 bits per heavy atom. The molecule has 2 heterocycles. The fourth-order valence-corrected chi connectivity index (χ4v) is 1.74. The quantitative estimate of drug-likeness (QED) is 0.660. The summed E-state index contributed by atoms with van der Waals surface area (Å²) in [6.07, 6.45) is 5.33. The van der Waals surface area contributed by atoms with Crippen molar-refractivity contribution in [1.29, 1.82) is 0 Å². The maximum Gasteiger partial charge on any atom is 0.236 e. The van der Waals surface area contributed by atoms with E-state index in [1.54, 1.807) is 18.5 Å². The molecule has 0 atom stereocenters. The van der Waals surface area contributed by atoms with E-state index in [1.807, 2.05) is 12.3 Å². The van der Waals surface area contributed by atoms with Gasteiger partial charge in [-0.2, -0.15) is 0 Å². The average Bonchev–Trinajstić information content (AvgIpc) is 2.38. The van der Waals surface area contributed by atoms with Gasteiger partial charge in [0.1, 0.15) is 0 Å². The first-order valence-corrected chi connectivity index (χ1v) is 6.14. The summed E-state index contributed by atoms with van der Waals surface area (Å²) >= 11 is 1.49. The maximum atomic E-state index is 5.80. The molecule has 0 aromatic carbocycles. The van der Waals surface area contributed by atoms with Crippen molar-refractivity contribution in [2.75, 3.05) is 19.1 Å². The molecule has 0 radical (unpaired) electrons. The van der Waals surface area contributed by atoms with Gasteiger partial charge in [0.25, 0.3) is 0 Å². The minimum absolute atomic E-state index is 0.424. The summed E-state index contributed by atoms with van der Waals surface area (Å²) in [6.45, 7) is 0. The van der Waals surface area contributed by atoms with Crippen molar-refractivity contribution in [3.05, 3.63) is 24.5 Å². The van der Waals surface area contributed by atoms with Gasteiger partial charge in [0.05, 0.1) is 18.5 Å². The molecule has 88 valence electrons. The zero-order valence-corrected chi connectivity index (χ0v) is 10.4. The summed E-state index contributed by atoms with van der Waals surface area (Å²) in [5.41, 5.74) is 7.94. The van der Waals surface area contributed by atoms with Crippen LogP contribution in [0.1, 0.15) is 0 Å². The number of nitrogens with two attached hydrogens (primary N) is 1. The van der Waals surface area contributed by atoms with E-state index in [-0.39, 0.29) is 0 Å². The largest absolute Gasteiger partial charge is 0.480 e. The van der Waals surface area contributed by atoms with E-state index in [0.29, 0.717) is 11.6 Å². The molecule has 0 aliphatic heterocycles. The summed E-state index contributed by atoms with van der Waals surface area (Å²) in [5.74, 6) is 0.424. The number of hydrogen-bond donors (Lipinski definition) is 1. The van der Waals surface area contributed by atoms with Gasteiger partial charge in [-0.25, -0.2) is 15.0 Å². The SMILES string of the molecule is COc1ncc(-c2ccnc(SC)n2)cc1N. The van der Waals surface area contributed by atoms with Gasteiger partial charge in [-0.05, 0) is 18.4 Å². The molecule has 0 fully saturated rings. The molecule has 0 aliphatic carbocycles. The van der Waals surface area contributed by atoms with Crippen LogP contribution in [-0.2, 0) is 0 Å². The molecule has 0 saturated heterocycles. The Bertz CT molecular complexity index is 533. The standard InChI is InChI=1S/C11H12N4OS/c1-16-10-8(12)5-7(6-14-10)9-3-4-13-11(15-9)17-2/h3-6H,12H2,1-2H3.